The monoisotopic (exact) mass is 413 g/mol. The van der Waals surface area contributed by atoms with E-state index < -0.39 is 0 Å². The third kappa shape index (κ3) is 9.27. The van der Waals surface area contributed by atoms with Gasteiger partial charge in [0.15, 0.2) is 0 Å². The predicted octanol–water partition coefficient (Wildman–Crippen LogP) is 5.09. The maximum Gasteiger partial charge on any atom is 0.215 e. The number of rotatable bonds is 12. The Morgan fingerprint density at radius 2 is 1.83 bits per heavy atom. The molecule has 0 radical (unpaired) electrons. The van der Waals surface area contributed by atoms with Crippen molar-refractivity contribution in [3.05, 3.63) is 47.7 Å². The summed E-state index contributed by atoms with van der Waals surface area (Å²) in [5, 5.41) is 7.45. The van der Waals surface area contributed by atoms with Crippen LogP contribution in [0.1, 0.15) is 51.8 Å². The van der Waals surface area contributed by atoms with Crippen molar-refractivity contribution in [1.82, 2.24) is 10.3 Å². The molecule has 0 spiro atoms. The van der Waals surface area contributed by atoms with Crippen molar-refractivity contribution in [3.63, 3.8) is 0 Å². The number of anilines is 2. The Hall–Kier alpha value is -2.60. The molecule has 166 valence electrons. The molecule has 0 bridgehead atoms. The Bertz CT molecular complexity index is 742. The zero-order chi connectivity index (χ0) is 22.2. The molecule has 1 aromatic carbocycles. The minimum absolute atomic E-state index is 0.576. The molecule has 0 aliphatic heterocycles. The summed E-state index contributed by atoms with van der Waals surface area (Å²) in [5.41, 5.74) is 7.11. The van der Waals surface area contributed by atoms with Gasteiger partial charge < -0.3 is 15.0 Å². The number of aryl methyl sites for hydroxylation is 1. The fourth-order valence-electron chi connectivity index (χ4n) is 2.89. The zero-order valence-corrected chi connectivity index (χ0v) is 19.5. The molecular formula is C24H39N5O. The van der Waals surface area contributed by atoms with Gasteiger partial charge in [-0.2, -0.15) is 5.10 Å². The van der Waals surface area contributed by atoms with Crippen LogP contribution < -0.4 is 20.4 Å². The highest BCUT2D eigenvalue weighted by Crippen LogP contribution is 2.21. The fraction of sp³-hybridized carbons (Fsp3) is 0.500. The second-order valence-electron chi connectivity index (χ2n) is 6.77. The van der Waals surface area contributed by atoms with Gasteiger partial charge in [-0.15, -0.1) is 0 Å². The van der Waals surface area contributed by atoms with Crippen molar-refractivity contribution in [3.8, 4) is 5.88 Å². The topological polar surface area (TPSA) is 61.8 Å². The molecule has 0 unspecified atom stereocenters. The summed E-state index contributed by atoms with van der Waals surface area (Å²) < 4.78 is 5.83. The van der Waals surface area contributed by atoms with Gasteiger partial charge in [0.1, 0.15) is 6.61 Å². The molecule has 0 saturated carbocycles. The van der Waals surface area contributed by atoms with Crippen LogP contribution in [-0.4, -0.2) is 44.5 Å². The maximum absolute atomic E-state index is 5.83. The van der Waals surface area contributed by atoms with E-state index in [9.17, 15) is 0 Å². The molecule has 0 saturated heterocycles. The lowest BCUT2D eigenvalue weighted by Crippen LogP contribution is -2.25. The van der Waals surface area contributed by atoms with Crippen LogP contribution in [0.15, 0.2) is 41.5 Å². The van der Waals surface area contributed by atoms with Gasteiger partial charge in [0.2, 0.25) is 5.88 Å². The van der Waals surface area contributed by atoms with Gasteiger partial charge in [0, 0.05) is 31.4 Å². The molecule has 2 rings (SSSR count). The van der Waals surface area contributed by atoms with E-state index in [0.29, 0.717) is 12.5 Å². The summed E-state index contributed by atoms with van der Waals surface area (Å²) in [7, 11) is 1.91. The molecule has 6 nitrogen and oxygen atoms in total. The van der Waals surface area contributed by atoms with E-state index >= 15 is 0 Å². The summed E-state index contributed by atoms with van der Waals surface area (Å²) in [4.78, 5) is 6.96. The predicted molar refractivity (Wildman–Crippen MR) is 130 cm³/mol. The van der Waals surface area contributed by atoms with Gasteiger partial charge in [-0.1, -0.05) is 39.8 Å². The number of likely N-dealkylation sites (N-methyl/N-ethyl adjacent to an activating group) is 1. The summed E-state index contributed by atoms with van der Waals surface area (Å²) in [6, 6.07) is 12.2. The Morgan fingerprint density at radius 3 is 2.47 bits per heavy atom. The molecule has 2 aromatic rings. The second-order valence-corrected chi connectivity index (χ2v) is 6.77. The summed E-state index contributed by atoms with van der Waals surface area (Å²) in [6.45, 7) is 13.8. The van der Waals surface area contributed by atoms with Gasteiger partial charge in [-0.25, -0.2) is 4.98 Å². The van der Waals surface area contributed by atoms with Crippen molar-refractivity contribution in [1.29, 1.82) is 0 Å². The number of aromatic nitrogens is 1. The Balaban J connectivity index is 0.00000218. The Morgan fingerprint density at radius 1 is 1.10 bits per heavy atom. The average molecular weight is 414 g/mol. The smallest absolute Gasteiger partial charge is 0.215 e. The van der Waals surface area contributed by atoms with Gasteiger partial charge in [0.05, 0.1) is 17.6 Å². The van der Waals surface area contributed by atoms with Gasteiger partial charge >= 0.3 is 0 Å². The number of ether oxygens (including phenoxy) is 1. The lowest BCUT2D eigenvalue weighted by atomic mass is 10.2. The van der Waals surface area contributed by atoms with Gasteiger partial charge in [-0.3, -0.25) is 5.43 Å². The van der Waals surface area contributed by atoms with E-state index in [0.717, 1.165) is 49.5 Å². The quantitative estimate of drug-likeness (QED) is 0.288. The lowest BCUT2D eigenvalue weighted by molar-refractivity contribution is 0.306. The van der Waals surface area contributed by atoms with E-state index in [4.69, 9.17) is 4.74 Å². The van der Waals surface area contributed by atoms with Crippen molar-refractivity contribution >= 4 is 17.6 Å². The molecule has 0 atom stereocenters. The maximum atomic E-state index is 5.83. The molecule has 0 amide bonds. The number of pyridine rings is 1. The minimum Gasteiger partial charge on any atom is -0.476 e. The van der Waals surface area contributed by atoms with Crippen molar-refractivity contribution in [2.24, 2.45) is 5.10 Å². The lowest BCUT2D eigenvalue weighted by Gasteiger charge is -2.24. The first-order valence-corrected chi connectivity index (χ1v) is 11.1. The third-order valence-corrected chi connectivity index (χ3v) is 4.17. The van der Waals surface area contributed by atoms with Crippen molar-refractivity contribution in [2.75, 3.05) is 43.6 Å². The minimum atomic E-state index is 0.576. The summed E-state index contributed by atoms with van der Waals surface area (Å²) >= 11 is 0. The third-order valence-electron chi connectivity index (χ3n) is 4.17. The first-order chi connectivity index (χ1) is 14.7. The molecule has 0 fully saturated rings. The molecule has 0 aliphatic carbocycles. The molecule has 6 heteroatoms. The average Bonchev–Trinajstić information content (AvgIpc) is 2.75. The highest BCUT2D eigenvalue weighted by Gasteiger charge is 2.09. The molecule has 30 heavy (non-hydrogen) atoms. The van der Waals surface area contributed by atoms with Crippen molar-refractivity contribution < 1.29 is 4.74 Å². The number of hydrogen-bond donors (Lipinski definition) is 2. The molecule has 2 N–H and O–H groups in total. The second kappa shape index (κ2) is 15.3. The van der Waals surface area contributed by atoms with E-state index in [1.54, 1.807) is 6.21 Å². The highest BCUT2D eigenvalue weighted by molar-refractivity contribution is 5.80. The van der Waals surface area contributed by atoms with E-state index in [-0.39, 0.29) is 0 Å². The molecule has 0 aliphatic rings. The van der Waals surface area contributed by atoms with Crippen LogP contribution in [0, 0.1) is 6.92 Å². The summed E-state index contributed by atoms with van der Waals surface area (Å²) in [6.07, 6.45) is 3.93. The Labute approximate surface area is 182 Å². The number of nitrogens with one attached hydrogen (secondary N) is 2. The number of nitrogens with zero attached hydrogens (tertiary/aromatic N) is 3. The molecular weight excluding hydrogens is 374 g/mol. The van der Waals surface area contributed by atoms with Crippen LogP contribution in [0.2, 0.25) is 0 Å². The number of hydrogen-bond acceptors (Lipinski definition) is 6. The van der Waals surface area contributed by atoms with E-state index in [1.807, 2.05) is 39.1 Å². The van der Waals surface area contributed by atoms with E-state index in [1.165, 1.54) is 5.56 Å². The van der Waals surface area contributed by atoms with Gasteiger partial charge in [0.25, 0.3) is 0 Å². The standard InChI is InChI=1S/C22H33N5O.C2H6/c1-5-11-27(12-6-2)21-15-20(25-22(16-21)28-13-10-23-4)17-24-26-19-9-7-8-18(3)14-19;1-2/h7-9,14-17,23,26H,5-6,10-13H2,1-4H3;1-2H3/b24-17+;. The van der Waals surface area contributed by atoms with Crippen molar-refractivity contribution in [2.45, 2.75) is 47.5 Å². The molecule has 1 heterocycles. The summed E-state index contributed by atoms with van der Waals surface area (Å²) in [5.74, 6) is 0.627. The van der Waals surface area contributed by atoms with Crippen LogP contribution >= 0.6 is 0 Å². The first-order valence-electron chi connectivity index (χ1n) is 11.1. The highest BCUT2D eigenvalue weighted by atomic mass is 16.5. The van der Waals surface area contributed by atoms with Crippen LogP contribution in [-0.2, 0) is 0 Å². The SMILES string of the molecule is CC.CCCN(CCC)c1cc(/C=N/Nc2cccc(C)c2)nc(OCCNC)c1. The van der Waals surface area contributed by atoms with Crippen LogP contribution in [0.5, 0.6) is 5.88 Å². The van der Waals surface area contributed by atoms with Crippen LogP contribution in [0.25, 0.3) is 0 Å². The Kier molecular flexibility index (Phi) is 12.9. The van der Waals surface area contributed by atoms with Crippen LogP contribution in [0.4, 0.5) is 11.4 Å². The zero-order valence-electron chi connectivity index (χ0n) is 19.5. The number of hydrazone groups is 1. The molecule has 1 aromatic heterocycles. The first kappa shape index (κ1) is 25.4. The van der Waals surface area contributed by atoms with Crippen LogP contribution in [0.3, 0.4) is 0 Å². The number of benzene rings is 1. The largest absolute Gasteiger partial charge is 0.476 e. The normalized spacial score (nSPS) is 10.5. The van der Waals surface area contributed by atoms with E-state index in [2.05, 4.69) is 64.7 Å². The fourth-order valence-corrected chi connectivity index (χ4v) is 2.89. The van der Waals surface area contributed by atoms with Gasteiger partial charge in [-0.05, 0) is 50.6 Å².